The Labute approximate surface area is 128 Å². The monoisotopic (exact) mass is 320 g/mol. The average molecular weight is 320 g/mol. The van der Waals surface area contributed by atoms with Crippen LogP contribution in [0.1, 0.15) is 10.4 Å². The Kier molecular flexibility index (Phi) is 3.93. The molecule has 1 aliphatic rings. The topological polar surface area (TPSA) is 59.1 Å². The summed E-state index contributed by atoms with van der Waals surface area (Å²) in [4.78, 5) is 5.57. The van der Waals surface area contributed by atoms with Crippen molar-refractivity contribution in [1.82, 2.24) is 10.3 Å². The lowest BCUT2D eigenvalue weighted by molar-refractivity contribution is 0.591. The van der Waals surface area contributed by atoms with Crippen molar-refractivity contribution in [1.29, 1.82) is 0 Å². The van der Waals surface area contributed by atoms with Crippen LogP contribution in [0.5, 0.6) is 0 Å². The van der Waals surface area contributed by atoms with E-state index >= 15 is 0 Å². The maximum absolute atomic E-state index is 11.3. The third-order valence-electron chi connectivity index (χ3n) is 3.40. The summed E-state index contributed by atoms with van der Waals surface area (Å²) < 4.78 is 22.7. The van der Waals surface area contributed by atoms with Crippen LogP contribution in [0.15, 0.2) is 41.9 Å². The second-order valence-electron chi connectivity index (χ2n) is 5.09. The molecule has 1 aromatic carbocycles. The van der Waals surface area contributed by atoms with Crippen molar-refractivity contribution in [3.63, 3.8) is 0 Å². The van der Waals surface area contributed by atoms with Gasteiger partial charge in [-0.25, -0.2) is 13.4 Å². The predicted octanol–water partition coefficient (Wildman–Crippen LogP) is 2.52. The highest BCUT2D eigenvalue weighted by Gasteiger charge is 2.21. The van der Waals surface area contributed by atoms with E-state index in [0.717, 1.165) is 15.4 Å². The van der Waals surface area contributed by atoms with Crippen LogP contribution in [0.3, 0.4) is 0 Å². The molecule has 1 aromatic heterocycles. The van der Waals surface area contributed by atoms with E-state index < -0.39 is 9.84 Å². The zero-order chi connectivity index (χ0) is 14.9. The third kappa shape index (κ3) is 3.40. The van der Waals surface area contributed by atoms with Gasteiger partial charge in [0.2, 0.25) is 0 Å². The number of hydrogen-bond donors (Lipinski definition) is 1. The number of nitrogens with zero attached hydrogens (tertiary/aromatic N) is 1. The average Bonchev–Trinajstić information content (AvgIpc) is 3.03. The molecule has 0 unspecified atom stereocenters. The fraction of sp³-hybridized carbons (Fsp3) is 0.267. The van der Waals surface area contributed by atoms with Crippen molar-refractivity contribution in [2.24, 2.45) is 0 Å². The quantitative estimate of drug-likeness (QED) is 0.940. The summed E-state index contributed by atoms with van der Waals surface area (Å²) in [6.07, 6.45) is 3.56. The number of benzene rings is 1. The van der Waals surface area contributed by atoms with Crippen molar-refractivity contribution in [3.05, 3.63) is 52.4 Å². The predicted molar refractivity (Wildman–Crippen MR) is 85.8 cm³/mol. The van der Waals surface area contributed by atoms with Crippen LogP contribution in [0.4, 0.5) is 0 Å². The molecule has 1 aliphatic heterocycles. The SMILES string of the molecule is Cc1ccccc1-c1ncc(CN[C@@H]2C=CS(=O)(=O)C2)s1. The van der Waals surface area contributed by atoms with Crippen LogP contribution in [0.25, 0.3) is 10.6 Å². The van der Waals surface area contributed by atoms with Crippen molar-refractivity contribution in [2.45, 2.75) is 19.5 Å². The number of aryl methyl sites for hydroxylation is 1. The summed E-state index contributed by atoms with van der Waals surface area (Å²) in [5, 5.41) is 5.52. The zero-order valence-corrected chi connectivity index (χ0v) is 13.2. The van der Waals surface area contributed by atoms with Gasteiger partial charge in [-0.1, -0.05) is 30.3 Å². The summed E-state index contributed by atoms with van der Waals surface area (Å²) in [5.41, 5.74) is 2.35. The van der Waals surface area contributed by atoms with Crippen LogP contribution in [-0.2, 0) is 16.4 Å². The molecule has 0 fully saturated rings. The Hall–Kier alpha value is -1.50. The Morgan fingerprint density at radius 1 is 1.38 bits per heavy atom. The molecule has 2 aromatic rings. The first-order valence-electron chi connectivity index (χ1n) is 6.68. The largest absolute Gasteiger partial charge is 0.305 e. The molecule has 2 heterocycles. The molecule has 21 heavy (non-hydrogen) atoms. The number of sulfone groups is 1. The lowest BCUT2D eigenvalue weighted by atomic mass is 10.1. The maximum Gasteiger partial charge on any atom is 0.173 e. The van der Waals surface area contributed by atoms with Crippen molar-refractivity contribution >= 4 is 21.2 Å². The van der Waals surface area contributed by atoms with Gasteiger partial charge < -0.3 is 5.32 Å². The third-order valence-corrected chi connectivity index (χ3v) is 5.82. The van der Waals surface area contributed by atoms with Crippen molar-refractivity contribution < 1.29 is 8.42 Å². The highest BCUT2D eigenvalue weighted by Crippen LogP contribution is 2.27. The first-order chi connectivity index (χ1) is 10.0. The fourth-order valence-electron chi connectivity index (χ4n) is 2.26. The lowest BCUT2D eigenvalue weighted by Crippen LogP contribution is -2.29. The minimum Gasteiger partial charge on any atom is -0.305 e. The van der Waals surface area contributed by atoms with E-state index in [1.165, 1.54) is 11.0 Å². The number of rotatable bonds is 4. The molecule has 110 valence electrons. The first kappa shape index (κ1) is 14.4. The smallest absolute Gasteiger partial charge is 0.173 e. The molecule has 0 saturated heterocycles. The van der Waals surface area contributed by atoms with Gasteiger partial charge in [-0.05, 0) is 12.5 Å². The van der Waals surface area contributed by atoms with Crippen molar-refractivity contribution in [2.75, 3.05) is 5.75 Å². The molecule has 6 heteroatoms. The minimum atomic E-state index is -3.00. The van der Waals surface area contributed by atoms with E-state index in [9.17, 15) is 8.42 Å². The van der Waals surface area contributed by atoms with E-state index in [1.807, 2.05) is 18.3 Å². The van der Waals surface area contributed by atoms with Gasteiger partial charge in [0, 0.05) is 34.6 Å². The van der Waals surface area contributed by atoms with Crippen LogP contribution in [0, 0.1) is 6.92 Å². The van der Waals surface area contributed by atoms with Crippen LogP contribution in [0.2, 0.25) is 0 Å². The highest BCUT2D eigenvalue weighted by molar-refractivity contribution is 7.94. The molecule has 0 saturated carbocycles. The summed E-state index contributed by atoms with van der Waals surface area (Å²) >= 11 is 1.64. The maximum atomic E-state index is 11.3. The number of thiazole rings is 1. The summed E-state index contributed by atoms with van der Waals surface area (Å²) in [7, 11) is -3.00. The molecule has 1 atom stereocenters. The fourth-order valence-corrected chi connectivity index (χ4v) is 4.48. The normalized spacial score (nSPS) is 20.0. The van der Waals surface area contributed by atoms with Gasteiger partial charge in [0.15, 0.2) is 9.84 Å². The van der Waals surface area contributed by atoms with Crippen LogP contribution < -0.4 is 5.32 Å². The van der Waals surface area contributed by atoms with Gasteiger partial charge in [-0.15, -0.1) is 11.3 Å². The van der Waals surface area contributed by atoms with Gasteiger partial charge in [0.1, 0.15) is 5.01 Å². The molecule has 0 bridgehead atoms. The van der Waals surface area contributed by atoms with E-state index in [-0.39, 0.29) is 11.8 Å². The van der Waals surface area contributed by atoms with E-state index in [1.54, 1.807) is 17.4 Å². The Morgan fingerprint density at radius 3 is 2.90 bits per heavy atom. The van der Waals surface area contributed by atoms with Crippen LogP contribution in [-0.4, -0.2) is 25.2 Å². The molecule has 0 radical (unpaired) electrons. The molecule has 1 N–H and O–H groups in total. The number of aromatic nitrogens is 1. The first-order valence-corrected chi connectivity index (χ1v) is 9.22. The van der Waals surface area contributed by atoms with E-state index in [4.69, 9.17) is 0 Å². The summed E-state index contributed by atoms with van der Waals surface area (Å²) in [5.74, 6) is 0.149. The van der Waals surface area contributed by atoms with Gasteiger partial charge in [-0.2, -0.15) is 0 Å². The molecule has 0 amide bonds. The van der Waals surface area contributed by atoms with Gasteiger partial charge >= 0.3 is 0 Å². The van der Waals surface area contributed by atoms with E-state index in [2.05, 4.69) is 29.4 Å². The highest BCUT2D eigenvalue weighted by atomic mass is 32.2. The molecular formula is C15H16N2O2S2. The van der Waals surface area contributed by atoms with Gasteiger partial charge in [0.05, 0.1) is 5.75 Å². The number of hydrogen-bond acceptors (Lipinski definition) is 5. The molecule has 0 spiro atoms. The van der Waals surface area contributed by atoms with Crippen LogP contribution >= 0.6 is 11.3 Å². The van der Waals surface area contributed by atoms with Crippen molar-refractivity contribution in [3.8, 4) is 10.6 Å². The Bertz CT molecular complexity index is 778. The molecular weight excluding hydrogens is 304 g/mol. The van der Waals surface area contributed by atoms with E-state index in [0.29, 0.717) is 6.54 Å². The minimum absolute atomic E-state index is 0.0981. The van der Waals surface area contributed by atoms with Gasteiger partial charge in [0.25, 0.3) is 0 Å². The second kappa shape index (κ2) is 5.71. The molecule has 4 nitrogen and oxygen atoms in total. The lowest BCUT2D eigenvalue weighted by Gasteiger charge is -2.07. The Balaban J connectivity index is 1.67. The summed E-state index contributed by atoms with van der Waals surface area (Å²) in [6.45, 7) is 2.71. The summed E-state index contributed by atoms with van der Waals surface area (Å²) in [6, 6.07) is 8.07. The zero-order valence-electron chi connectivity index (χ0n) is 11.6. The standard InChI is InChI=1S/C15H16N2O2S2/c1-11-4-2-3-5-14(11)15-17-9-13(20-15)8-16-12-6-7-21(18,19)10-12/h2-7,9,12,16H,8,10H2,1H3/t12-/m1/s1. The second-order valence-corrected chi connectivity index (χ2v) is 8.14. The van der Waals surface area contributed by atoms with Gasteiger partial charge in [-0.3, -0.25) is 0 Å². The number of nitrogens with one attached hydrogen (secondary N) is 1. The molecule has 3 rings (SSSR count). The Morgan fingerprint density at radius 2 is 2.19 bits per heavy atom. The molecule has 0 aliphatic carbocycles.